The van der Waals surface area contributed by atoms with Crippen molar-refractivity contribution >= 4 is 28.2 Å². The predicted octanol–water partition coefficient (Wildman–Crippen LogP) is 4.61. The van der Waals surface area contributed by atoms with Crippen LogP contribution in [-0.2, 0) is 0 Å². The molecule has 0 spiro atoms. The molecule has 1 aromatic heterocycles. The molecular formula is C18H13FN4O2S. The van der Waals surface area contributed by atoms with Gasteiger partial charge in [-0.2, -0.15) is 5.26 Å². The standard InChI is InChI=1S/C18H13FN4O2S/c1-23(14-6-2-4-12(8-14)10-20)18(24)22-17-21-11-16(26-17)25-15-7-3-5-13(19)9-15/h2-9,11H,1H3,(H,21,22,24). The molecule has 0 saturated heterocycles. The van der Waals surface area contributed by atoms with E-state index in [0.29, 0.717) is 27.2 Å². The quantitative estimate of drug-likeness (QED) is 0.729. The second kappa shape index (κ2) is 7.63. The number of hydrogen-bond donors (Lipinski definition) is 1. The van der Waals surface area contributed by atoms with Crippen LogP contribution in [0.1, 0.15) is 5.56 Å². The number of anilines is 2. The Labute approximate surface area is 153 Å². The summed E-state index contributed by atoms with van der Waals surface area (Å²) in [6.45, 7) is 0. The van der Waals surface area contributed by atoms with Crippen molar-refractivity contribution in [2.45, 2.75) is 0 Å². The van der Waals surface area contributed by atoms with Crippen molar-refractivity contribution in [2.75, 3.05) is 17.3 Å². The van der Waals surface area contributed by atoms with E-state index in [9.17, 15) is 9.18 Å². The van der Waals surface area contributed by atoms with E-state index in [0.717, 1.165) is 11.3 Å². The third-order valence-corrected chi connectivity index (χ3v) is 4.17. The Morgan fingerprint density at radius 2 is 2.12 bits per heavy atom. The van der Waals surface area contributed by atoms with Gasteiger partial charge >= 0.3 is 6.03 Å². The van der Waals surface area contributed by atoms with Crippen LogP contribution in [-0.4, -0.2) is 18.1 Å². The molecule has 0 fully saturated rings. The summed E-state index contributed by atoms with van der Waals surface area (Å²) >= 11 is 1.12. The second-order valence-corrected chi connectivity index (χ2v) is 6.19. The van der Waals surface area contributed by atoms with Crippen LogP contribution in [0.3, 0.4) is 0 Å². The number of nitrogens with zero attached hydrogens (tertiary/aromatic N) is 3. The molecule has 130 valence electrons. The Bertz CT molecular complexity index is 983. The molecular weight excluding hydrogens is 355 g/mol. The van der Waals surface area contributed by atoms with Crippen LogP contribution in [0.15, 0.2) is 54.7 Å². The van der Waals surface area contributed by atoms with E-state index in [4.69, 9.17) is 10.00 Å². The highest BCUT2D eigenvalue weighted by Gasteiger charge is 2.14. The average Bonchev–Trinajstić information content (AvgIpc) is 3.07. The molecule has 0 aliphatic carbocycles. The largest absolute Gasteiger partial charge is 0.445 e. The van der Waals surface area contributed by atoms with Crippen LogP contribution in [0.5, 0.6) is 10.8 Å². The first-order valence-electron chi connectivity index (χ1n) is 7.49. The number of hydrogen-bond acceptors (Lipinski definition) is 5. The lowest BCUT2D eigenvalue weighted by Gasteiger charge is -2.17. The molecule has 2 amide bonds. The highest BCUT2D eigenvalue weighted by molar-refractivity contribution is 7.17. The molecule has 0 aliphatic rings. The zero-order valence-corrected chi connectivity index (χ0v) is 14.5. The maximum absolute atomic E-state index is 13.2. The van der Waals surface area contributed by atoms with Crippen LogP contribution in [0.4, 0.5) is 20.0 Å². The van der Waals surface area contributed by atoms with Crippen molar-refractivity contribution in [3.05, 3.63) is 66.1 Å². The molecule has 0 saturated carbocycles. The molecule has 1 N–H and O–H groups in total. The molecule has 2 aromatic carbocycles. The number of ether oxygens (including phenoxy) is 1. The normalized spacial score (nSPS) is 10.0. The first kappa shape index (κ1) is 17.4. The van der Waals surface area contributed by atoms with Crippen LogP contribution in [0.25, 0.3) is 0 Å². The van der Waals surface area contributed by atoms with E-state index < -0.39 is 11.8 Å². The van der Waals surface area contributed by atoms with Gasteiger partial charge in [0.15, 0.2) is 5.13 Å². The topological polar surface area (TPSA) is 78.2 Å². The van der Waals surface area contributed by atoms with Gasteiger partial charge in [0.05, 0.1) is 17.8 Å². The Morgan fingerprint density at radius 1 is 1.31 bits per heavy atom. The lowest BCUT2D eigenvalue weighted by Crippen LogP contribution is -2.31. The Hall–Kier alpha value is -3.44. The lowest BCUT2D eigenvalue weighted by atomic mass is 10.2. The highest BCUT2D eigenvalue weighted by Crippen LogP contribution is 2.30. The second-order valence-electron chi connectivity index (χ2n) is 5.20. The summed E-state index contributed by atoms with van der Waals surface area (Å²) in [4.78, 5) is 17.8. The van der Waals surface area contributed by atoms with Crippen LogP contribution < -0.4 is 15.0 Å². The molecule has 3 aromatic rings. The molecule has 26 heavy (non-hydrogen) atoms. The summed E-state index contributed by atoms with van der Waals surface area (Å²) in [5.41, 5.74) is 1.04. The monoisotopic (exact) mass is 368 g/mol. The van der Waals surface area contributed by atoms with E-state index in [-0.39, 0.29) is 0 Å². The van der Waals surface area contributed by atoms with E-state index >= 15 is 0 Å². The van der Waals surface area contributed by atoms with Crippen molar-refractivity contribution in [2.24, 2.45) is 0 Å². The number of urea groups is 1. The van der Waals surface area contributed by atoms with Gasteiger partial charge < -0.3 is 4.74 Å². The number of rotatable bonds is 4. The van der Waals surface area contributed by atoms with Crippen molar-refractivity contribution in [1.82, 2.24) is 4.98 Å². The molecule has 0 atom stereocenters. The fraction of sp³-hybridized carbons (Fsp3) is 0.0556. The number of halogens is 1. The maximum Gasteiger partial charge on any atom is 0.327 e. The smallest absolute Gasteiger partial charge is 0.327 e. The van der Waals surface area contributed by atoms with Crippen LogP contribution >= 0.6 is 11.3 Å². The van der Waals surface area contributed by atoms with Gasteiger partial charge in [0.1, 0.15) is 11.6 Å². The summed E-state index contributed by atoms with van der Waals surface area (Å²) in [5.74, 6) is -0.0567. The lowest BCUT2D eigenvalue weighted by molar-refractivity contribution is 0.258. The number of benzene rings is 2. The van der Waals surface area contributed by atoms with Gasteiger partial charge in [0, 0.05) is 18.8 Å². The summed E-state index contributed by atoms with van der Waals surface area (Å²) in [7, 11) is 1.59. The van der Waals surface area contributed by atoms with E-state index in [1.54, 1.807) is 43.4 Å². The number of aromatic nitrogens is 1. The van der Waals surface area contributed by atoms with Crippen molar-refractivity contribution in [1.29, 1.82) is 5.26 Å². The zero-order valence-electron chi connectivity index (χ0n) is 13.6. The van der Waals surface area contributed by atoms with Crippen molar-refractivity contribution in [3.63, 3.8) is 0 Å². The van der Waals surface area contributed by atoms with E-state index in [2.05, 4.69) is 10.3 Å². The molecule has 8 heteroatoms. The minimum absolute atomic E-state index is 0.338. The van der Waals surface area contributed by atoms with Crippen molar-refractivity contribution < 1.29 is 13.9 Å². The highest BCUT2D eigenvalue weighted by atomic mass is 32.1. The first-order valence-corrected chi connectivity index (χ1v) is 8.31. The fourth-order valence-corrected chi connectivity index (χ4v) is 2.77. The molecule has 0 bridgehead atoms. The number of thiazole rings is 1. The third-order valence-electron chi connectivity index (χ3n) is 3.38. The Morgan fingerprint density at radius 3 is 2.88 bits per heavy atom. The Kier molecular flexibility index (Phi) is 5.10. The average molecular weight is 368 g/mol. The van der Waals surface area contributed by atoms with Gasteiger partial charge in [-0.05, 0) is 30.3 Å². The summed E-state index contributed by atoms with van der Waals surface area (Å²) in [5, 5.41) is 12.4. The van der Waals surface area contributed by atoms with Gasteiger partial charge in [-0.15, -0.1) is 0 Å². The van der Waals surface area contributed by atoms with Gasteiger partial charge in [0.2, 0.25) is 5.06 Å². The summed E-state index contributed by atoms with van der Waals surface area (Å²) in [6.07, 6.45) is 1.45. The van der Waals surface area contributed by atoms with Gasteiger partial charge in [0.25, 0.3) is 0 Å². The van der Waals surface area contributed by atoms with Crippen LogP contribution in [0.2, 0.25) is 0 Å². The number of nitriles is 1. The van der Waals surface area contributed by atoms with E-state index in [1.807, 2.05) is 6.07 Å². The molecule has 3 rings (SSSR count). The fourth-order valence-electron chi connectivity index (χ4n) is 2.09. The molecule has 1 heterocycles. The van der Waals surface area contributed by atoms with Gasteiger partial charge in [-0.1, -0.05) is 23.5 Å². The summed E-state index contributed by atoms with van der Waals surface area (Å²) < 4.78 is 18.7. The molecule has 0 aliphatic heterocycles. The molecule has 0 radical (unpaired) electrons. The van der Waals surface area contributed by atoms with E-state index in [1.165, 1.54) is 23.2 Å². The SMILES string of the molecule is CN(C(=O)Nc1ncc(Oc2cccc(F)c2)s1)c1cccc(C#N)c1. The predicted molar refractivity (Wildman–Crippen MR) is 97.2 cm³/mol. The third kappa shape index (κ3) is 4.15. The zero-order chi connectivity index (χ0) is 18.5. The summed E-state index contributed by atoms with van der Waals surface area (Å²) in [6, 6.07) is 14.1. The minimum Gasteiger partial charge on any atom is -0.445 e. The number of amides is 2. The molecule has 6 nitrogen and oxygen atoms in total. The van der Waals surface area contributed by atoms with Gasteiger partial charge in [-0.3, -0.25) is 10.2 Å². The minimum atomic E-state index is -0.410. The number of carbonyl (C=O) groups excluding carboxylic acids is 1. The van der Waals surface area contributed by atoms with Crippen molar-refractivity contribution in [3.8, 4) is 16.9 Å². The van der Waals surface area contributed by atoms with Crippen LogP contribution in [0, 0.1) is 17.1 Å². The maximum atomic E-state index is 13.2. The number of carbonyl (C=O) groups is 1. The van der Waals surface area contributed by atoms with Gasteiger partial charge in [-0.25, -0.2) is 14.2 Å². The Balaban J connectivity index is 1.66. The first-order chi connectivity index (χ1) is 12.5. The number of nitrogens with one attached hydrogen (secondary N) is 1. The molecule has 0 unspecified atom stereocenters.